The summed E-state index contributed by atoms with van der Waals surface area (Å²) in [4.78, 5) is 38.6. The minimum atomic E-state index is -1.29. The Hall–Kier alpha value is -2.61. The monoisotopic (exact) mass is 392 g/mol. The van der Waals surface area contributed by atoms with E-state index in [-0.39, 0.29) is 19.9 Å². The van der Waals surface area contributed by atoms with Gasteiger partial charge in [-0.3, -0.25) is 9.69 Å². The van der Waals surface area contributed by atoms with Gasteiger partial charge in [0.25, 0.3) is 0 Å². The highest BCUT2D eigenvalue weighted by Gasteiger charge is 2.48. The van der Waals surface area contributed by atoms with Crippen molar-refractivity contribution in [1.29, 1.82) is 0 Å². The molecule has 0 aromatic heterocycles. The molecule has 1 aromatic carbocycles. The Morgan fingerprint density at radius 3 is 2.50 bits per heavy atom. The van der Waals surface area contributed by atoms with Crippen molar-refractivity contribution in [3.63, 3.8) is 0 Å². The first-order chi connectivity index (χ1) is 13.0. The van der Waals surface area contributed by atoms with Crippen molar-refractivity contribution in [2.45, 2.75) is 58.4 Å². The van der Waals surface area contributed by atoms with Crippen molar-refractivity contribution in [3.05, 3.63) is 35.9 Å². The molecule has 8 nitrogen and oxygen atoms in total. The number of carbonyl (C=O) groups is 3. The van der Waals surface area contributed by atoms with E-state index in [0.29, 0.717) is 0 Å². The lowest BCUT2D eigenvalue weighted by Gasteiger charge is -2.32. The molecule has 8 heteroatoms. The van der Waals surface area contributed by atoms with E-state index in [2.05, 4.69) is 5.32 Å². The fraction of sp³-hybridized carbons (Fsp3) is 0.550. The molecule has 2 rings (SSSR count). The summed E-state index contributed by atoms with van der Waals surface area (Å²) in [6, 6.07) is 8.36. The maximum absolute atomic E-state index is 12.8. The van der Waals surface area contributed by atoms with Crippen molar-refractivity contribution in [2.24, 2.45) is 0 Å². The Morgan fingerprint density at radius 2 is 1.89 bits per heavy atom. The Bertz CT molecular complexity index is 715. The van der Waals surface area contributed by atoms with Crippen LogP contribution in [0.2, 0.25) is 0 Å². The van der Waals surface area contributed by atoms with Crippen molar-refractivity contribution >= 4 is 18.0 Å². The van der Waals surface area contributed by atoms with E-state index in [1.54, 1.807) is 27.7 Å². The molecule has 0 saturated carbocycles. The predicted molar refractivity (Wildman–Crippen MR) is 101 cm³/mol. The normalized spacial score (nSPS) is 20.4. The van der Waals surface area contributed by atoms with E-state index in [1.807, 2.05) is 30.3 Å². The summed E-state index contributed by atoms with van der Waals surface area (Å²) in [6.45, 7) is 8.35. The highest BCUT2D eigenvalue weighted by atomic mass is 16.6. The lowest BCUT2D eigenvalue weighted by molar-refractivity contribution is -0.158. The van der Waals surface area contributed by atoms with Crippen molar-refractivity contribution < 1.29 is 28.6 Å². The number of nitrogens with zero attached hydrogens (tertiary/aromatic N) is 1. The number of carbonyl (C=O) groups excluding carboxylic acids is 3. The van der Waals surface area contributed by atoms with Crippen molar-refractivity contribution in [1.82, 2.24) is 10.2 Å². The van der Waals surface area contributed by atoms with Crippen LogP contribution in [-0.4, -0.2) is 53.4 Å². The first-order valence-electron chi connectivity index (χ1n) is 9.13. The van der Waals surface area contributed by atoms with Gasteiger partial charge < -0.3 is 19.5 Å². The summed E-state index contributed by atoms with van der Waals surface area (Å²) in [5.41, 5.74) is -1.12. The molecule has 1 heterocycles. The molecule has 28 heavy (non-hydrogen) atoms. The van der Waals surface area contributed by atoms with Crippen LogP contribution in [0.3, 0.4) is 0 Å². The van der Waals surface area contributed by atoms with Gasteiger partial charge >= 0.3 is 12.1 Å². The Morgan fingerprint density at radius 1 is 1.25 bits per heavy atom. The lowest BCUT2D eigenvalue weighted by Crippen LogP contribution is -2.59. The molecule has 0 radical (unpaired) electrons. The fourth-order valence-electron chi connectivity index (χ4n) is 2.60. The molecule has 0 aliphatic carbocycles. The van der Waals surface area contributed by atoms with Gasteiger partial charge in [0.2, 0.25) is 5.91 Å². The molecule has 2 amide bonds. The average molecular weight is 392 g/mol. The van der Waals surface area contributed by atoms with E-state index >= 15 is 0 Å². The molecular formula is C20H28N2O6. The van der Waals surface area contributed by atoms with Crippen molar-refractivity contribution in [2.75, 3.05) is 13.3 Å². The molecule has 0 bridgehead atoms. The first kappa shape index (κ1) is 21.7. The number of hydrogen-bond donors (Lipinski definition) is 1. The van der Waals surface area contributed by atoms with Crippen LogP contribution in [0.5, 0.6) is 0 Å². The molecule has 154 valence electrons. The van der Waals surface area contributed by atoms with E-state index in [0.717, 1.165) is 5.56 Å². The van der Waals surface area contributed by atoms with Gasteiger partial charge in [0.1, 0.15) is 30.5 Å². The number of ether oxygens (including phenoxy) is 3. The van der Waals surface area contributed by atoms with Crippen LogP contribution < -0.4 is 5.32 Å². The molecule has 2 atom stereocenters. The zero-order chi connectivity index (χ0) is 20.9. The van der Waals surface area contributed by atoms with Crippen LogP contribution in [-0.2, 0) is 30.4 Å². The average Bonchev–Trinajstić information content (AvgIpc) is 3.02. The fourth-order valence-corrected chi connectivity index (χ4v) is 2.60. The number of amides is 2. The number of rotatable bonds is 5. The van der Waals surface area contributed by atoms with Gasteiger partial charge in [-0.2, -0.15) is 0 Å². The quantitative estimate of drug-likeness (QED) is 0.772. The molecular weight excluding hydrogens is 364 g/mol. The van der Waals surface area contributed by atoms with Gasteiger partial charge in [0, 0.05) is 0 Å². The van der Waals surface area contributed by atoms with Gasteiger partial charge in [-0.05, 0) is 40.2 Å². The Balaban J connectivity index is 1.98. The van der Waals surface area contributed by atoms with Crippen molar-refractivity contribution in [3.8, 4) is 0 Å². The summed E-state index contributed by atoms with van der Waals surface area (Å²) in [5, 5.41) is 2.60. The van der Waals surface area contributed by atoms with E-state index in [1.165, 1.54) is 11.8 Å². The summed E-state index contributed by atoms with van der Waals surface area (Å²) in [7, 11) is 0. The molecule has 1 N–H and O–H groups in total. The Kier molecular flexibility index (Phi) is 6.66. The van der Waals surface area contributed by atoms with Gasteiger partial charge in [-0.15, -0.1) is 0 Å². The van der Waals surface area contributed by atoms with Crippen LogP contribution in [0.1, 0.15) is 40.2 Å². The zero-order valence-corrected chi connectivity index (χ0v) is 17.0. The second kappa shape index (κ2) is 8.60. The van der Waals surface area contributed by atoms with Gasteiger partial charge in [0.15, 0.2) is 0 Å². The molecule has 1 aliphatic rings. The molecule has 1 aliphatic heterocycles. The van der Waals surface area contributed by atoms with Crippen LogP contribution in [0.4, 0.5) is 4.79 Å². The second-order valence-corrected chi connectivity index (χ2v) is 7.95. The summed E-state index contributed by atoms with van der Waals surface area (Å²) in [6.07, 6.45) is -0.663. The third-order valence-corrected chi connectivity index (χ3v) is 4.22. The number of nitrogens with one attached hydrogen (secondary N) is 1. The number of hydrogen-bond acceptors (Lipinski definition) is 6. The maximum atomic E-state index is 12.8. The third-order valence-electron chi connectivity index (χ3n) is 4.22. The van der Waals surface area contributed by atoms with Crippen LogP contribution in [0, 0.1) is 0 Å². The van der Waals surface area contributed by atoms with E-state index in [9.17, 15) is 14.4 Å². The van der Waals surface area contributed by atoms with Crippen LogP contribution >= 0.6 is 0 Å². The Labute approximate surface area is 165 Å². The first-order valence-corrected chi connectivity index (χ1v) is 9.13. The lowest BCUT2D eigenvalue weighted by atomic mass is 10.0. The number of benzene rings is 1. The van der Waals surface area contributed by atoms with E-state index < -0.39 is 35.2 Å². The zero-order valence-electron chi connectivity index (χ0n) is 17.0. The standard InChI is InChI=1S/C20H28N2O6/c1-14(16(23)28-19(2,3)4)21-17(24)20(5)12-26-13-22(20)18(25)27-11-15-9-7-6-8-10-15/h6-10,14H,11-13H2,1-5H3,(H,21,24)/t14-,20-/m0/s1. The molecule has 1 aromatic rings. The smallest absolute Gasteiger partial charge is 0.412 e. The van der Waals surface area contributed by atoms with Gasteiger partial charge in [0.05, 0.1) is 6.61 Å². The topological polar surface area (TPSA) is 94.2 Å². The molecule has 0 spiro atoms. The van der Waals surface area contributed by atoms with Crippen LogP contribution in [0.15, 0.2) is 30.3 Å². The predicted octanol–water partition coefficient (Wildman–Crippen LogP) is 2.22. The van der Waals surface area contributed by atoms with Crippen LogP contribution in [0.25, 0.3) is 0 Å². The molecule has 1 fully saturated rings. The maximum Gasteiger partial charge on any atom is 0.412 e. The summed E-state index contributed by atoms with van der Waals surface area (Å²) >= 11 is 0. The van der Waals surface area contributed by atoms with Gasteiger partial charge in [-0.25, -0.2) is 9.59 Å². The summed E-state index contributed by atoms with van der Waals surface area (Å²) < 4.78 is 15.9. The number of esters is 1. The van der Waals surface area contributed by atoms with Gasteiger partial charge in [-0.1, -0.05) is 30.3 Å². The largest absolute Gasteiger partial charge is 0.458 e. The minimum absolute atomic E-state index is 0.000306. The second-order valence-electron chi connectivity index (χ2n) is 7.95. The summed E-state index contributed by atoms with van der Waals surface area (Å²) in [5.74, 6) is -1.07. The van der Waals surface area contributed by atoms with E-state index in [4.69, 9.17) is 14.2 Å². The molecule has 0 unspecified atom stereocenters. The SMILES string of the molecule is C[C@H](NC(=O)[C@]1(C)COCN1C(=O)OCc1ccccc1)C(=O)OC(C)(C)C. The molecule has 1 saturated heterocycles. The third kappa shape index (κ3) is 5.45. The highest BCUT2D eigenvalue weighted by molar-refractivity contribution is 5.93. The minimum Gasteiger partial charge on any atom is -0.458 e. The highest BCUT2D eigenvalue weighted by Crippen LogP contribution is 2.24.